The van der Waals surface area contributed by atoms with E-state index >= 15 is 0 Å². The quantitative estimate of drug-likeness (QED) is 0.524. The lowest BCUT2D eigenvalue weighted by molar-refractivity contribution is 0.170. The third kappa shape index (κ3) is 3.78. The summed E-state index contributed by atoms with van der Waals surface area (Å²) in [5.41, 5.74) is 0.376. The monoisotopic (exact) mass is 252 g/mol. The van der Waals surface area contributed by atoms with Crippen LogP contribution in [-0.4, -0.2) is 7.28 Å². The minimum Gasteiger partial charge on any atom is -0.0665 e. The normalized spacial score (nSPS) is 16.3. The predicted molar refractivity (Wildman–Crippen MR) is 87.9 cm³/mol. The molecular weight excluding hydrogens is 215 g/mol. The van der Waals surface area contributed by atoms with E-state index in [0.717, 1.165) is 17.8 Å². The Bertz CT molecular complexity index is 259. The summed E-state index contributed by atoms with van der Waals surface area (Å²) in [6.07, 6.45) is 0. The Morgan fingerprint density at radius 3 is 1.39 bits per heavy atom. The van der Waals surface area contributed by atoms with Crippen molar-refractivity contribution < 1.29 is 0 Å². The molecule has 108 valence electrons. The molecule has 0 aromatic rings. The van der Waals surface area contributed by atoms with Crippen LogP contribution in [0.3, 0.4) is 0 Å². The van der Waals surface area contributed by atoms with Gasteiger partial charge in [-0.05, 0) is 23.2 Å². The SMILES string of the molecule is CC(C)C(C)C(C)(C)BC(C)(C)C(C)(C)C(C)C. The summed E-state index contributed by atoms with van der Waals surface area (Å²) in [5, 5.41) is 0.775. The minimum absolute atomic E-state index is 0.369. The topological polar surface area (TPSA) is 0 Å². The van der Waals surface area contributed by atoms with Gasteiger partial charge in [-0.2, -0.15) is 0 Å². The Morgan fingerprint density at radius 2 is 1.11 bits per heavy atom. The molecule has 0 aromatic heterocycles. The first-order valence-electron chi connectivity index (χ1n) is 7.75. The van der Waals surface area contributed by atoms with Crippen molar-refractivity contribution in [3.8, 4) is 0 Å². The highest BCUT2D eigenvalue weighted by Gasteiger charge is 2.45. The van der Waals surface area contributed by atoms with Crippen LogP contribution in [0.25, 0.3) is 0 Å². The molecule has 0 radical (unpaired) electrons. The third-order valence-electron chi connectivity index (χ3n) is 6.32. The highest BCUT2D eigenvalue weighted by atomic mass is 14.4. The highest BCUT2D eigenvalue weighted by Crippen LogP contribution is 2.55. The van der Waals surface area contributed by atoms with E-state index in [2.05, 4.69) is 76.2 Å². The van der Waals surface area contributed by atoms with Gasteiger partial charge in [-0.15, -0.1) is 0 Å². The zero-order valence-corrected chi connectivity index (χ0v) is 14.9. The summed E-state index contributed by atoms with van der Waals surface area (Å²) in [7, 11) is 1.30. The summed E-state index contributed by atoms with van der Waals surface area (Å²) >= 11 is 0. The molecule has 1 heteroatoms. The average Bonchev–Trinajstić information content (AvgIpc) is 2.13. The smallest absolute Gasteiger partial charge is 0.0665 e. The summed E-state index contributed by atoms with van der Waals surface area (Å²) in [6.45, 7) is 26.6. The van der Waals surface area contributed by atoms with Crippen LogP contribution >= 0.6 is 0 Å². The van der Waals surface area contributed by atoms with Gasteiger partial charge in [0.1, 0.15) is 7.28 Å². The van der Waals surface area contributed by atoms with Crippen LogP contribution in [0.4, 0.5) is 0 Å². The molecule has 18 heavy (non-hydrogen) atoms. The lowest BCUT2D eigenvalue weighted by atomic mass is 9.31. The molecule has 0 aromatic carbocycles. The van der Waals surface area contributed by atoms with Gasteiger partial charge in [0.15, 0.2) is 0 Å². The molecule has 0 aliphatic carbocycles. The summed E-state index contributed by atoms with van der Waals surface area (Å²) < 4.78 is 0. The maximum atomic E-state index is 2.46. The van der Waals surface area contributed by atoms with Gasteiger partial charge >= 0.3 is 0 Å². The minimum atomic E-state index is 0.369. The van der Waals surface area contributed by atoms with Crippen molar-refractivity contribution in [2.24, 2.45) is 23.2 Å². The molecule has 0 aliphatic rings. The second kappa shape index (κ2) is 5.59. The van der Waals surface area contributed by atoms with Gasteiger partial charge in [-0.25, -0.2) is 0 Å². The van der Waals surface area contributed by atoms with Crippen molar-refractivity contribution >= 4 is 7.28 Å². The molecule has 0 rings (SSSR count). The first-order chi connectivity index (χ1) is 7.75. The van der Waals surface area contributed by atoms with Gasteiger partial charge in [0.05, 0.1) is 0 Å². The Labute approximate surface area is 118 Å². The number of hydrogen-bond acceptors (Lipinski definition) is 0. The molecule has 0 saturated carbocycles. The Morgan fingerprint density at radius 1 is 0.722 bits per heavy atom. The summed E-state index contributed by atoms with van der Waals surface area (Å²) in [5.74, 6) is 2.25. The van der Waals surface area contributed by atoms with Crippen LogP contribution < -0.4 is 0 Å². The molecule has 0 heterocycles. The molecule has 1 unspecified atom stereocenters. The molecular formula is C17H37B. The molecule has 0 bridgehead atoms. The van der Waals surface area contributed by atoms with Crippen LogP contribution in [0, 0.1) is 23.2 Å². The summed E-state index contributed by atoms with van der Waals surface area (Å²) in [6, 6.07) is 0. The average molecular weight is 252 g/mol. The maximum absolute atomic E-state index is 2.46. The van der Waals surface area contributed by atoms with Crippen molar-refractivity contribution in [3.63, 3.8) is 0 Å². The van der Waals surface area contributed by atoms with E-state index in [1.807, 2.05) is 0 Å². The lowest BCUT2D eigenvalue weighted by Gasteiger charge is -2.50. The third-order valence-corrected chi connectivity index (χ3v) is 6.32. The zero-order valence-electron chi connectivity index (χ0n) is 14.9. The van der Waals surface area contributed by atoms with Crippen LogP contribution in [0.5, 0.6) is 0 Å². The largest absolute Gasteiger partial charge is 0.135 e. The summed E-state index contributed by atoms with van der Waals surface area (Å²) in [4.78, 5) is 0. The molecule has 1 atom stereocenters. The fourth-order valence-corrected chi connectivity index (χ4v) is 3.21. The Kier molecular flexibility index (Phi) is 5.61. The van der Waals surface area contributed by atoms with E-state index in [-0.39, 0.29) is 0 Å². The van der Waals surface area contributed by atoms with Gasteiger partial charge in [-0.1, -0.05) is 86.8 Å². The van der Waals surface area contributed by atoms with E-state index < -0.39 is 0 Å². The van der Waals surface area contributed by atoms with Crippen LogP contribution in [0.15, 0.2) is 0 Å². The number of rotatable bonds is 6. The van der Waals surface area contributed by atoms with Crippen molar-refractivity contribution in [2.45, 2.75) is 86.8 Å². The molecule has 0 saturated heterocycles. The van der Waals surface area contributed by atoms with Crippen LogP contribution in [-0.2, 0) is 0 Å². The standard InChI is InChI=1S/C17H37B/c1-12(2)14(5)16(8,9)18-17(10,11)15(6,7)13(3)4/h12-14,18H,1-11H3. The molecule has 0 N–H and O–H groups in total. The van der Waals surface area contributed by atoms with Gasteiger partial charge in [0, 0.05) is 0 Å². The number of hydrogen-bond donors (Lipinski definition) is 0. The van der Waals surface area contributed by atoms with E-state index in [1.165, 1.54) is 7.28 Å². The Balaban J connectivity index is 5.08. The second-order valence-electron chi connectivity index (χ2n) is 8.96. The van der Waals surface area contributed by atoms with Crippen LogP contribution in [0.2, 0.25) is 10.6 Å². The van der Waals surface area contributed by atoms with Crippen LogP contribution in [0.1, 0.15) is 76.2 Å². The van der Waals surface area contributed by atoms with Crippen molar-refractivity contribution in [1.29, 1.82) is 0 Å². The first kappa shape index (κ1) is 18.1. The highest BCUT2D eigenvalue weighted by molar-refractivity contribution is 6.44. The Hall–Kier alpha value is 0.0649. The fraction of sp³-hybridized carbons (Fsp3) is 1.00. The predicted octanol–water partition coefficient (Wildman–Crippen LogP) is 5.79. The molecule has 0 nitrogen and oxygen atoms in total. The van der Waals surface area contributed by atoms with Crippen molar-refractivity contribution in [2.75, 3.05) is 0 Å². The first-order valence-corrected chi connectivity index (χ1v) is 7.75. The van der Waals surface area contributed by atoms with Gasteiger partial charge in [0.2, 0.25) is 0 Å². The molecule has 0 spiro atoms. The molecule has 0 amide bonds. The van der Waals surface area contributed by atoms with Crippen molar-refractivity contribution in [3.05, 3.63) is 0 Å². The lowest BCUT2D eigenvalue weighted by Crippen LogP contribution is -2.41. The molecule has 0 aliphatic heterocycles. The van der Waals surface area contributed by atoms with Crippen molar-refractivity contribution in [1.82, 2.24) is 0 Å². The van der Waals surface area contributed by atoms with E-state index in [0.29, 0.717) is 16.0 Å². The fourth-order valence-electron chi connectivity index (χ4n) is 3.21. The zero-order chi connectivity index (χ0) is 14.9. The molecule has 0 fully saturated rings. The van der Waals surface area contributed by atoms with E-state index in [4.69, 9.17) is 0 Å². The van der Waals surface area contributed by atoms with Gasteiger partial charge in [-0.3, -0.25) is 0 Å². The van der Waals surface area contributed by atoms with E-state index in [9.17, 15) is 0 Å². The van der Waals surface area contributed by atoms with E-state index in [1.54, 1.807) is 0 Å². The van der Waals surface area contributed by atoms with Gasteiger partial charge in [0.25, 0.3) is 0 Å². The van der Waals surface area contributed by atoms with Gasteiger partial charge < -0.3 is 0 Å². The maximum Gasteiger partial charge on any atom is 0.135 e. The second-order valence-corrected chi connectivity index (χ2v) is 8.96.